The lowest BCUT2D eigenvalue weighted by Gasteiger charge is -2.14. The summed E-state index contributed by atoms with van der Waals surface area (Å²) in [5, 5.41) is 0.354. The molecule has 1 aromatic carbocycles. The summed E-state index contributed by atoms with van der Waals surface area (Å²) < 4.78 is 0. The topological polar surface area (TPSA) is 82.0 Å². The van der Waals surface area contributed by atoms with Crippen LogP contribution in [0.15, 0.2) is 42.6 Å². The van der Waals surface area contributed by atoms with Crippen molar-refractivity contribution in [1.82, 2.24) is 4.98 Å². The molecule has 0 fully saturated rings. The van der Waals surface area contributed by atoms with E-state index in [2.05, 4.69) is 4.98 Å². The second-order valence-electron chi connectivity index (χ2n) is 3.84. The smallest absolute Gasteiger partial charge is 0.250 e. The summed E-state index contributed by atoms with van der Waals surface area (Å²) in [6, 6.07) is 10.3. The third-order valence-electron chi connectivity index (χ3n) is 2.60. The van der Waals surface area contributed by atoms with Crippen molar-refractivity contribution in [3.05, 3.63) is 64.4 Å². The number of aromatic nitrogens is 1. The van der Waals surface area contributed by atoms with Crippen LogP contribution in [0.3, 0.4) is 0 Å². The van der Waals surface area contributed by atoms with Gasteiger partial charge in [0.25, 0.3) is 5.91 Å². The van der Waals surface area contributed by atoms with Crippen LogP contribution in [-0.4, -0.2) is 10.9 Å². The first kappa shape index (κ1) is 12.5. The minimum Gasteiger partial charge on any atom is -0.366 e. The molecule has 0 radical (unpaired) electrons. The van der Waals surface area contributed by atoms with Crippen LogP contribution in [0.2, 0.25) is 5.02 Å². The molecule has 0 aliphatic carbocycles. The molecule has 18 heavy (non-hydrogen) atoms. The molecular formula is C13H12ClN3O. The van der Waals surface area contributed by atoms with Crippen LogP contribution in [0.4, 0.5) is 0 Å². The van der Waals surface area contributed by atoms with E-state index in [1.165, 1.54) is 12.3 Å². The second kappa shape index (κ2) is 5.16. The molecule has 1 aromatic heterocycles. The van der Waals surface area contributed by atoms with Crippen molar-refractivity contribution in [2.45, 2.75) is 6.04 Å². The maximum Gasteiger partial charge on any atom is 0.250 e. The van der Waals surface area contributed by atoms with Crippen LogP contribution in [0, 0.1) is 0 Å². The minimum atomic E-state index is -0.591. The Labute approximate surface area is 110 Å². The number of amides is 1. The van der Waals surface area contributed by atoms with E-state index >= 15 is 0 Å². The van der Waals surface area contributed by atoms with Crippen molar-refractivity contribution in [3.8, 4) is 0 Å². The molecule has 1 heterocycles. The van der Waals surface area contributed by atoms with E-state index in [1.54, 1.807) is 0 Å². The Morgan fingerprint density at radius 1 is 1.28 bits per heavy atom. The predicted octanol–water partition coefficient (Wildman–Crippen LogP) is 1.88. The quantitative estimate of drug-likeness (QED) is 0.885. The van der Waals surface area contributed by atoms with Crippen LogP contribution in [-0.2, 0) is 0 Å². The molecule has 1 atom stereocenters. The van der Waals surface area contributed by atoms with Gasteiger partial charge in [0.05, 0.1) is 22.3 Å². The van der Waals surface area contributed by atoms with E-state index in [0.717, 1.165) is 5.56 Å². The SMILES string of the molecule is NC(=O)c1cc(Cl)cnc1C(N)c1ccccc1. The summed E-state index contributed by atoms with van der Waals surface area (Å²) in [5.41, 5.74) is 12.9. The number of primary amides is 1. The van der Waals surface area contributed by atoms with Gasteiger partial charge in [0, 0.05) is 6.20 Å². The largest absolute Gasteiger partial charge is 0.366 e. The Morgan fingerprint density at radius 3 is 2.56 bits per heavy atom. The normalized spacial score (nSPS) is 12.1. The number of benzene rings is 1. The van der Waals surface area contributed by atoms with Gasteiger partial charge >= 0.3 is 0 Å². The molecule has 0 saturated carbocycles. The van der Waals surface area contributed by atoms with Crippen LogP contribution in [0.1, 0.15) is 27.7 Å². The molecular weight excluding hydrogens is 250 g/mol. The van der Waals surface area contributed by atoms with Crippen molar-refractivity contribution in [1.29, 1.82) is 0 Å². The Kier molecular flexibility index (Phi) is 3.60. The monoisotopic (exact) mass is 261 g/mol. The third kappa shape index (κ3) is 2.50. The van der Waals surface area contributed by atoms with Gasteiger partial charge in [-0.3, -0.25) is 9.78 Å². The van der Waals surface area contributed by atoms with Gasteiger partial charge in [-0.05, 0) is 11.6 Å². The molecule has 2 aromatic rings. The van der Waals surface area contributed by atoms with Gasteiger partial charge in [-0.2, -0.15) is 0 Å². The van der Waals surface area contributed by atoms with Gasteiger partial charge in [-0.15, -0.1) is 0 Å². The number of carbonyl (C=O) groups is 1. The van der Waals surface area contributed by atoms with E-state index in [4.69, 9.17) is 23.1 Å². The lowest BCUT2D eigenvalue weighted by molar-refractivity contribution is 0.0998. The molecule has 92 valence electrons. The van der Waals surface area contributed by atoms with Crippen LogP contribution in [0.25, 0.3) is 0 Å². The molecule has 0 saturated heterocycles. The molecule has 0 bridgehead atoms. The fourth-order valence-corrected chi connectivity index (χ4v) is 1.87. The predicted molar refractivity (Wildman–Crippen MR) is 70.2 cm³/mol. The number of rotatable bonds is 3. The van der Waals surface area contributed by atoms with E-state index < -0.39 is 11.9 Å². The number of halogens is 1. The fraction of sp³-hybridized carbons (Fsp3) is 0.0769. The summed E-state index contributed by atoms with van der Waals surface area (Å²) in [6.45, 7) is 0. The molecule has 5 heteroatoms. The molecule has 2 rings (SSSR count). The highest BCUT2D eigenvalue weighted by molar-refractivity contribution is 6.30. The van der Waals surface area contributed by atoms with Crippen molar-refractivity contribution in [2.24, 2.45) is 11.5 Å². The van der Waals surface area contributed by atoms with E-state index in [9.17, 15) is 4.79 Å². The molecule has 0 aliphatic rings. The maximum atomic E-state index is 11.4. The molecule has 1 unspecified atom stereocenters. The maximum absolute atomic E-state index is 11.4. The Balaban J connectivity index is 2.48. The highest BCUT2D eigenvalue weighted by Crippen LogP contribution is 2.22. The number of nitrogens with zero attached hydrogens (tertiary/aromatic N) is 1. The average Bonchev–Trinajstić information content (AvgIpc) is 2.39. The lowest BCUT2D eigenvalue weighted by atomic mass is 10.00. The molecule has 0 aliphatic heterocycles. The van der Waals surface area contributed by atoms with Crippen LogP contribution in [0.5, 0.6) is 0 Å². The molecule has 4 N–H and O–H groups in total. The Bertz CT molecular complexity index is 572. The minimum absolute atomic E-state index is 0.249. The van der Waals surface area contributed by atoms with Gasteiger partial charge < -0.3 is 11.5 Å². The number of nitrogens with two attached hydrogens (primary N) is 2. The fourth-order valence-electron chi connectivity index (χ4n) is 1.71. The van der Waals surface area contributed by atoms with E-state index in [0.29, 0.717) is 10.7 Å². The summed E-state index contributed by atoms with van der Waals surface area (Å²) in [6.07, 6.45) is 1.45. The van der Waals surface area contributed by atoms with Gasteiger partial charge in [0.15, 0.2) is 0 Å². The molecule has 4 nitrogen and oxygen atoms in total. The zero-order chi connectivity index (χ0) is 13.1. The lowest BCUT2D eigenvalue weighted by Crippen LogP contribution is -2.21. The number of hydrogen-bond acceptors (Lipinski definition) is 3. The van der Waals surface area contributed by atoms with Crippen molar-refractivity contribution < 1.29 is 4.79 Å². The van der Waals surface area contributed by atoms with Gasteiger partial charge in [-0.25, -0.2) is 0 Å². The summed E-state index contributed by atoms with van der Waals surface area (Å²) in [4.78, 5) is 15.5. The number of hydrogen-bond donors (Lipinski definition) is 2. The zero-order valence-corrected chi connectivity index (χ0v) is 10.3. The first-order valence-electron chi connectivity index (χ1n) is 5.35. The highest BCUT2D eigenvalue weighted by Gasteiger charge is 2.18. The number of pyridine rings is 1. The van der Waals surface area contributed by atoms with Crippen molar-refractivity contribution in [3.63, 3.8) is 0 Å². The van der Waals surface area contributed by atoms with Gasteiger partial charge in [-0.1, -0.05) is 41.9 Å². The zero-order valence-electron chi connectivity index (χ0n) is 9.51. The standard InChI is InChI=1S/C13H12ClN3O/c14-9-6-10(13(16)18)12(17-7-9)11(15)8-4-2-1-3-5-8/h1-7,11H,15H2,(H2,16,18). The van der Waals surface area contributed by atoms with Crippen LogP contribution < -0.4 is 11.5 Å². The molecule has 1 amide bonds. The van der Waals surface area contributed by atoms with Gasteiger partial charge in [0.2, 0.25) is 0 Å². The van der Waals surface area contributed by atoms with Crippen LogP contribution >= 0.6 is 11.6 Å². The third-order valence-corrected chi connectivity index (χ3v) is 2.81. The second-order valence-corrected chi connectivity index (χ2v) is 4.28. The van der Waals surface area contributed by atoms with Crippen molar-refractivity contribution >= 4 is 17.5 Å². The van der Waals surface area contributed by atoms with E-state index in [-0.39, 0.29) is 5.56 Å². The highest BCUT2D eigenvalue weighted by atomic mass is 35.5. The Hall–Kier alpha value is -1.91. The summed E-state index contributed by atoms with van der Waals surface area (Å²) >= 11 is 5.80. The van der Waals surface area contributed by atoms with E-state index in [1.807, 2.05) is 30.3 Å². The van der Waals surface area contributed by atoms with Crippen molar-refractivity contribution in [2.75, 3.05) is 0 Å². The first-order valence-corrected chi connectivity index (χ1v) is 5.73. The summed E-state index contributed by atoms with van der Waals surface area (Å²) in [5.74, 6) is -0.591. The first-order chi connectivity index (χ1) is 8.59. The molecule has 0 spiro atoms. The Morgan fingerprint density at radius 2 is 1.94 bits per heavy atom. The summed E-state index contributed by atoms with van der Waals surface area (Å²) in [7, 11) is 0. The number of carbonyl (C=O) groups excluding carboxylic acids is 1. The average molecular weight is 262 g/mol. The van der Waals surface area contributed by atoms with Gasteiger partial charge in [0.1, 0.15) is 0 Å².